The first kappa shape index (κ1) is 23.4. The number of ether oxygens (including phenoxy) is 4. The molecule has 0 saturated heterocycles. The third-order valence-electron chi connectivity index (χ3n) is 5.88. The molecule has 8 nitrogen and oxygen atoms in total. The Morgan fingerprint density at radius 1 is 0.938 bits per heavy atom. The average Bonchev–Trinajstić information content (AvgIpc) is 2.82. The Bertz CT molecular complexity index is 922. The van der Waals surface area contributed by atoms with Gasteiger partial charge in [-0.1, -0.05) is 18.2 Å². The lowest BCUT2D eigenvalue weighted by atomic mass is 9.67. The molecule has 0 bridgehead atoms. The van der Waals surface area contributed by atoms with E-state index in [-0.39, 0.29) is 12.3 Å². The molecule has 4 atom stereocenters. The molecule has 0 spiro atoms. The first-order valence-electron chi connectivity index (χ1n) is 10.3. The maximum absolute atomic E-state index is 13.4. The van der Waals surface area contributed by atoms with E-state index in [4.69, 9.17) is 18.9 Å². The van der Waals surface area contributed by atoms with Gasteiger partial charge in [0.2, 0.25) is 11.7 Å². The lowest BCUT2D eigenvalue weighted by molar-refractivity contribution is -0.154. The van der Waals surface area contributed by atoms with Crippen LogP contribution < -0.4 is 19.5 Å². The topological polar surface area (TPSA) is 103 Å². The Labute approximate surface area is 187 Å². The van der Waals surface area contributed by atoms with Crippen molar-refractivity contribution in [3.8, 4) is 17.2 Å². The maximum Gasteiger partial charge on any atom is 0.309 e. The summed E-state index contributed by atoms with van der Waals surface area (Å²) in [5.41, 5.74) is 1.32. The standard InChI is InChI=1S/C24H29NO7/c1-29-19-10-14(11-20(30-2)22(19)31-3)17-12-16(26)13-18(24(28)32-4)21(17)23(27)25-15-8-6-5-7-9-15/h5-11,16-18,21,26H,12-13H2,1-4H3,(H,25,27)/t16-,17-,18-,21+/m1/s1. The summed E-state index contributed by atoms with van der Waals surface area (Å²) >= 11 is 0. The van der Waals surface area contributed by atoms with Crippen LogP contribution in [0.5, 0.6) is 17.2 Å². The highest BCUT2D eigenvalue weighted by molar-refractivity contribution is 5.96. The van der Waals surface area contributed by atoms with E-state index in [0.29, 0.717) is 34.9 Å². The Hall–Kier alpha value is -3.26. The summed E-state index contributed by atoms with van der Waals surface area (Å²) in [5, 5.41) is 13.5. The molecule has 0 heterocycles. The van der Waals surface area contributed by atoms with Gasteiger partial charge in [-0.05, 0) is 48.6 Å². The van der Waals surface area contributed by atoms with Crippen LogP contribution in [0.25, 0.3) is 0 Å². The van der Waals surface area contributed by atoms with Gasteiger partial charge in [-0.15, -0.1) is 0 Å². The van der Waals surface area contributed by atoms with Gasteiger partial charge in [0.25, 0.3) is 0 Å². The third-order valence-corrected chi connectivity index (χ3v) is 5.88. The van der Waals surface area contributed by atoms with E-state index in [0.717, 1.165) is 0 Å². The minimum absolute atomic E-state index is 0.139. The smallest absolute Gasteiger partial charge is 0.309 e. The van der Waals surface area contributed by atoms with Gasteiger partial charge in [-0.3, -0.25) is 9.59 Å². The quantitative estimate of drug-likeness (QED) is 0.634. The number of amides is 1. The van der Waals surface area contributed by atoms with E-state index in [1.165, 1.54) is 28.4 Å². The Balaban J connectivity index is 2.07. The van der Waals surface area contributed by atoms with E-state index in [9.17, 15) is 14.7 Å². The number of nitrogens with one attached hydrogen (secondary N) is 1. The molecule has 2 N–H and O–H groups in total. The highest BCUT2D eigenvalue weighted by atomic mass is 16.5. The van der Waals surface area contributed by atoms with Crippen molar-refractivity contribution in [1.29, 1.82) is 0 Å². The van der Waals surface area contributed by atoms with Crippen LogP contribution in [0.3, 0.4) is 0 Å². The van der Waals surface area contributed by atoms with E-state index >= 15 is 0 Å². The SMILES string of the molecule is COC(=O)[C@@H]1C[C@H](O)C[C@H](c2cc(OC)c(OC)c(OC)c2)[C@@H]1C(=O)Nc1ccccc1. The van der Waals surface area contributed by atoms with Gasteiger partial charge in [-0.2, -0.15) is 0 Å². The van der Waals surface area contributed by atoms with Crippen molar-refractivity contribution in [2.24, 2.45) is 11.8 Å². The van der Waals surface area contributed by atoms with Crippen LogP contribution in [-0.2, 0) is 14.3 Å². The summed E-state index contributed by atoms with van der Waals surface area (Å²) < 4.78 is 21.3. The van der Waals surface area contributed by atoms with E-state index in [1.54, 1.807) is 24.3 Å². The molecule has 1 amide bonds. The van der Waals surface area contributed by atoms with Crippen molar-refractivity contribution in [3.05, 3.63) is 48.0 Å². The minimum Gasteiger partial charge on any atom is -0.493 e. The van der Waals surface area contributed by atoms with Gasteiger partial charge >= 0.3 is 5.97 Å². The van der Waals surface area contributed by atoms with Crippen LogP contribution in [0.1, 0.15) is 24.3 Å². The predicted molar refractivity (Wildman–Crippen MR) is 118 cm³/mol. The van der Waals surface area contributed by atoms with Gasteiger partial charge in [0.1, 0.15) is 0 Å². The number of aliphatic hydroxyl groups is 1. The zero-order valence-electron chi connectivity index (χ0n) is 18.7. The lowest BCUT2D eigenvalue weighted by Gasteiger charge is -2.38. The fourth-order valence-electron chi connectivity index (χ4n) is 4.42. The van der Waals surface area contributed by atoms with Crippen molar-refractivity contribution < 1.29 is 33.6 Å². The largest absolute Gasteiger partial charge is 0.493 e. The normalized spacial score (nSPS) is 22.5. The molecular weight excluding hydrogens is 414 g/mol. The van der Waals surface area contributed by atoms with Crippen LogP contribution in [0.2, 0.25) is 0 Å². The first-order valence-corrected chi connectivity index (χ1v) is 10.3. The second kappa shape index (κ2) is 10.4. The number of benzene rings is 2. The van der Waals surface area contributed by atoms with Crippen LogP contribution in [0.15, 0.2) is 42.5 Å². The molecule has 172 valence electrons. The van der Waals surface area contributed by atoms with Crippen LogP contribution >= 0.6 is 0 Å². The van der Waals surface area contributed by atoms with Gasteiger partial charge in [0, 0.05) is 5.69 Å². The summed E-state index contributed by atoms with van der Waals surface area (Å²) in [5.74, 6) is -1.64. The summed E-state index contributed by atoms with van der Waals surface area (Å²) in [7, 11) is 5.80. The highest BCUT2D eigenvalue weighted by Crippen LogP contribution is 2.47. The molecule has 0 radical (unpaired) electrons. The Morgan fingerprint density at radius 3 is 2.09 bits per heavy atom. The molecule has 0 unspecified atom stereocenters. The molecule has 1 fully saturated rings. The number of esters is 1. The van der Waals surface area contributed by atoms with E-state index in [2.05, 4.69) is 5.32 Å². The molecule has 1 saturated carbocycles. The second-order valence-electron chi connectivity index (χ2n) is 7.70. The van der Waals surface area contributed by atoms with Crippen molar-refractivity contribution in [2.75, 3.05) is 33.8 Å². The number of aliphatic hydroxyl groups excluding tert-OH is 1. The fraction of sp³-hybridized carbons (Fsp3) is 0.417. The Morgan fingerprint density at radius 2 is 1.56 bits per heavy atom. The van der Waals surface area contributed by atoms with Crippen molar-refractivity contribution in [2.45, 2.75) is 24.9 Å². The first-order chi connectivity index (χ1) is 15.4. The number of hydrogen-bond donors (Lipinski definition) is 2. The van der Waals surface area contributed by atoms with Crippen molar-refractivity contribution in [1.82, 2.24) is 0 Å². The number of para-hydroxylation sites is 1. The summed E-state index contributed by atoms with van der Waals surface area (Å²) in [6.07, 6.45) is -0.344. The number of carbonyl (C=O) groups excluding carboxylic acids is 2. The molecule has 3 rings (SSSR count). The molecule has 1 aliphatic carbocycles. The number of carbonyl (C=O) groups is 2. The molecule has 1 aliphatic rings. The number of anilines is 1. The van der Waals surface area contributed by atoms with Crippen LogP contribution in [0, 0.1) is 11.8 Å². The summed E-state index contributed by atoms with van der Waals surface area (Å²) in [4.78, 5) is 26.1. The molecule has 2 aromatic rings. The van der Waals surface area contributed by atoms with Gasteiger partial charge in [0.05, 0.1) is 46.4 Å². The summed E-state index contributed by atoms with van der Waals surface area (Å²) in [6.45, 7) is 0. The van der Waals surface area contributed by atoms with E-state index in [1.807, 2.05) is 18.2 Å². The van der Waals surface area contributed by atoms with Crippen LogP contribution in [-0.4, -0.2) is 51.5 Å². The molecule has 2 aromatic carbocycles. The monoisotopic (exact) mass is 443 g/mol. The zero-order chi connectivity index (χ0) is 23.3. The Kier molecular flexibility index (Phi) is 7.58. The lowest BCUT2D eigenvalue weighted by Crippen LogP contribution is -2.44. The number of hydrogen-bond acceptors (Lipinski definition) is 7. The summed E-state index contributed by atoms with van der Waals surface area (Å²) in [6, 6.07) is 12.5. The number of methoxy groups -OCH3 is 4. The second-order valence-corrected chi connectivity index (χ2v) is 7.70. The predicted octanol–water partition coefficient (Wildman–Crippen LogP) is 2.99. The third kappa shape index (κ3) is 4.80. The minimum atomic E-state index is -0.809. The fourth-order valence-corrected chi connectivity index (χ4v) is 4.42. The molecule has 0 aliphatic heterocycles. The zero-order valence-corrected chi connectivity index (χ0v) is 18.7. The molecule has 8 heteroatoms. The van der Waals surface area contributed by atoms with Crippen LogP contribution in [0.4, 0.5) is 5.69 Å². The van der Waals surface area contributed by atoms with E-state index < -0.39 is 29.8 Å². The van der Waals surface area contributed by atoms with Crippen molar-refractivity contribution >= 4 is 17.6 Å². The maximum atomic E-state index is 13.4. The van der Waals surface area contributed by atoms with Crippen molar-refractivity contribution in [3.63, 3.8) is 0 Å². The molecule has 0 aromatic heterocycles. The highest BCUT2D eigenvalue weighted by Gasteiger charge is 2.46. The molecular formula is C24H29NO7. The number of rotatable bonds is 7. The average molecular weight is 443 g/mol. The van der Waals surface area contributed by atoms with Gasteiger partial charge < -0.3 is 29.4 Å². The van der Waals surface area contributed by atoms with Gasteiger partial charge in [-0.25, -0.2) is 0 Å². The molecule has 32 heavy (non-hydrogen) atoms. The van der Waals surface area contributed by atoms with Gasteiger partial charge in [0.15, 0.2) is 11.5 Å².